The van der Waals surface area contributed by atoms with Gasteiger partial charge in [0.15, 0.2) is 17.2 Å². The molecule has 4 rings (SSSR count). The summed E-state index contributed by atoms with van der Waals surface area (Å²) in [5.74, 6) is -9.00. The summed E-state index contributed by atoms with van der Waals surface area (Å²) in [6, 6.07) is 0.247. The van der Waals surface area contributed by atoms with Gasteiger partial charge in [-0.05, 0) is 44.5 Å². The van der Waals surface area contributed by atoms with E-state index in [9.17, 15) is 44.4 Å². The molecule has 0 radical (unpaired) electrons. The molecule has 0 spiro atoms. The molecule has 3 aliphatic carbocycles. The molecule has 220 valence electrons. The van der Waals surface area contributed by atoms with Crippen molar-refractivity contribution in [3.8, 4) is 5.75 Å². The Morgan fingerprint density at radius 2 is 1.73 bits per heavy atom. The zero-order valence-electron chi connectivity index (χ0n) is 23.3. The van der Waals surface area contributed by atoms with E-state index in [1.807, 2.05) is 0 Å². The van der Waals surface area contributed by atoms with Crippen molar-refractivity contribution >= 4 is 40.7 Å². The molecule has 13 heteroatoms. The smallest absolute Gasteiger partial charge is 0.305 e. The molecule has 0 saturated heterocycles. The van der Waals surface area contributed by atoms with Crippen molar-refractivity contribution < 1.29 is 49.1 Å². The third kappa shape index (κ3) is 4.36. The highest BCUT2D eigenvalue weighted by atomic mass is 16.5. The number of primary amides is 1. The number of anilines is 1. The van der Waals surface area contributed by atoms with Crippen LogP contribution in [0.3, 0.4) is 0 Å². The molecule has 1 amide bonds. The minimum atomic E-state index is -2.77. The molecule has 0 unspecified atom stereocenters. The lowest BCUT2D eigenvalue weighted by molar-refractivity contribution is -0.153. The van der Waals surface area contributed by atoms with Crippen LogP contribution in [-0.2, 0) is 30.3 Å². The van der Waals surface area contributed by atoms with E-state index in [1.54, 1.807) is 19.0 Å². The van der Waals surface area contributed by atoms with Crippen molar-refractivity contribution in [3.05, 3.63) is 39.7 Å². The van der Waals surface area contributed by atoms with E-state index in [0.29, 0.717) is 11.3 Å². The number of aliphatic hydroxyl groups is 3. The number of nitrogens with zero attached hydrogens (tertiary/aromatic N) is 2. The second-order valence-electron chi connectivity index (χ2n) is 11.0. The van der Waals surface area contributed by atoms with Crippen molar-refractivity contribution in [2.75, 3.05) is 40.2 Å². The number of carbonyl (C=O) groups is 5. The highest BCUT2D eigenvalue weighted by Gasteiger charge is 2.64. The fraction of sp³-hybridized carbons (Fsp3) is 0.464. The number of methoxy groups -OCH3 is 1. The van der Waals surface area contributed by atoms with Gasteiger partial charge in [-0.3, -0.25) is 28.9 Å². The Kier molecular flexibility index (Phi) is 7.48. The molecule has 1 saturated carbocycles. The number of hydrogen-bond acceptors (Lipinski definition) is 12. The lowest BCUT2D eigenvalue weighted by atomic mass is 9.57. The van der Waals surface area contributed by atoms with Crippen molar-refractivity contribution in [3.63, 3.8) is 0 Å². The Bertz CT molecular complexity index is 1460. The first-order chi connectivity index (χ1) is 19.1. The van der Waals surface area contributed by atoms with Crippen LogP contribution in [0.25, 0.3) is 5.76 Å². The number of esters is 1. The van der Waals surface area contributed by atoms with Crippen LogP contribution in [0.5, 0.6) is 5.75 Å². The van der Waals surface area contributed by atoms with E-state index < -0.39 is 75.5 Å². The van der Waals surface area contributed by atoms with Gasteiger partial charge in [0.1, 0.15) is 22.8 Å². The van der Waals surface area contributed by atoms with Crippen LogP contribution in [0.4, 0.5) is 5.69 Å². The van der Waals surface area contributed by atoms with Gasteiger partial charge in [0.2, 0.25) is 5.78 Å². The number of benzene rings is 1. The largest absolute Gasteiger partial charge is 0.508 e. The molecule has 1 fully saturated rings. The molecule has 0 aromatic heterocycles. The fourth-order valence-electron chi connectivity index (χ4n) is 6.36. The molecular weight excluding hydrogens is 538 g/mol. The number of fused-ring (bicyclic) bond motifs is 3. The SMILES string of the molecule is COC(=O)CCC(=O)c1cc(N(C)C)c2c(c1O)C(O)=C1C(=O)[C@]3(O)C(O)=C(C(N)=O)C(=O)[C@@H](N(C)C)[C@@H]3C[C@@H]1C2. The molecule has 3 aliphatic rings. The molecule has 6 N–H and O–H groups in total. The number of aliphatic hydroxyl groups excluding tert-OH is 2. The van der Waals surface area contributed by atoms with Crippen LogP contribution in [-0.4, -0.2) is 101 Å². The maximum absolute atomic E-state index is 14.0. The molecule has 1 aromatic rings. The number of phenols is 1. The Morgan fingerprint density at radius 1 is 1.10 bits per heavy atom. The summed E-state index contributed by atoms with van der Waals surface area (Å²) in [6.45, 7) is 0. The number of rotatable bonds is 7. The van der Waals surface area contributed by atoms with Gasteiger partial charge in [-0.25, -0.2) is 0 Å². The van der Waals surface area contributed by atoms with Gasteiger partial charge in [0.25, 0.3) is 5.91 Å². The molecule has 4 atom stereocenters. The van der Waals surface area contributed by atoms with Gasteiger partial charge < -0.3 is 35.8 Å². The summed E-state index contributed by atoms with van der Waals surface area (Å²) in [4.78, 5) is 67.0. The van der Waals surface area contributed by atoms with Crippen molar-refractivity contribution in [2.24, 2.45) is 17.6 Å². The Balaban J connectivity index is 1.94. The van der Waals surface area contributed by atoms with Gasteiger partial charge in [-0.2, -0.15) is 0 Å². The van der Waals surface area contributed by atoms with E-state index in [0.717, 1.165) is 0 Å². The minimum absolute atomic E-state index is 0.0563. The first kappa shape index (κ1) is 29.7. The van der Waals surface area contributed by atoms with E-state index in [2.05, 4.69) is 4.74 Å². The van der Waals surface area contributed by atoms with Gasteiger partial charge in [0.05, 0.1) is 30.7 Å². The zero-order chi connectivity index (χ0) is 30.7. The van der Waals surface area contributed by atoms with E-state index in [-0.39, 0.29) is 42.4 Å². The third-order valence-electron chi connectivity index (χ3n) is 8.26. The van der Waals surface area contributed by atoms with Crippen LogP contribution in [0.15, 0.2) is 23.0 Å². The predicted octanol–water partition coefficient (Wildman–Crippen LogP) is 0.166. The summed E-state index contributed by atoms with van der Waals surface area (Å²) in [6.07, 6.45) is -0.517. The van der Waals surface area contributed by atoms with Gasteiger partial charge in [-0.1, -0.05) is 0 Å². The average Bonchev–Trinajstić information content (AvgIpc) is 2.88. The van der Waals surface area contributed by atoms with Crippen molar-refractivity contribution in [1.82, 2.24) is 4.90 Å². The first-order valence-electron chi connectivity index (χ1n) is 12.9. The van der Waals surface area contributed by atoms with Crippen LogP contribution in [0.2, 0.25) is 0 Å². The molecule has 13 nitrogen and oxygen atoms in total. The van der Waals surface area contributed by atoms with E-state index in [4.69, 9.17) is 5.73 Å². The monoisotopic (exact) mass is 571 g/mol. The molecule has 0 aliphatic heterocycles. The third-order valence-corrected chi connectivity index (χ3v) is 8.26. The number of ether oxygens (including phenoxy) is 1. The first-order valence-corrected chi connectivity index (χ1v) is 12.9. The second-order valence-corrected chi connectivity index (χ2v) is 11.0. The van der Waals surface area contributed by atoms with Crippen LogP contribution < -0.4 is 10.6 Å². The standard InChI is InChI=1S/C28H33N3O10/c1-30(2)15-10-13(16(32)6-7-17(33)41-5)22(34)19-12(15)8-11-9-14-21(31(3)4)24(36)20(27(29)39)26(38)28(14,40)25(37)18(11)23(19)35/h10-11,14,21,34-35,38,40H,6-9H2,1-5H3,(H2,29,39)/t11-,14-,21-,28-/m0/s1. The highest BCUT2D eigenvalue weighted by molar-refractivity contribution is 6.24. The fourth-order valence-corrected chi connectivity index (χ4v) is 6.36. The predicted molar refractivity (Wildman–Crippen MR) is 144 cm³/mol. The number of phenolic OH excluding ortho intramolecular Hbond substituents is 1. The van der Waals surface area contributed by atoms with E-state index in [1.165, 1.54) is 32.2 Å². The second kappa shape index (κ2) is 10.3. The summed E-state index contributed by atoms with van der Waals surface area (Å²) in [5.41, 5.74) is 1.83. The minimum Gasteiger partial charge on any atom is -0.508 e. The number of ketones is 3. The Labute approximate surface area is 235 Å². The number of nitrogens with two attached hydrogens (primary N) is 1. The molecular formula is C28H33N3O10. The number of amides is 1. The maximum Gasteiger partial charge on any atom is 0.305 e. The maximum atomic E-state index is 14.0. The Hall–Kier alpha value is -4.23. The van der Waals surface area contributed by atoms with Crippen LogP contribution in [0, 0.1) is 11.8 Å². The number of carbonyl (C=O) groups excluding carboxylic acids is 5. The van der Waals surface area contributed by atoms with E-state index >= 15 is 0 Å². The van der Waals surface area contributed by atoms with Crippen LogP contribution >= 0.6 is 0 Å². The highest BCUT2D eigenvalue weighted by Crippen LogP contribution is 2.54. The number of Topliss-reactive ketones (excluding diaryl/α,β-unsaturated/α-hetero) is 3. The summed E-state index contributed by atoms with van der Waals surface area (Å²) >= 11 is 0. The lowest BCUT2D eigenvalue weighted by Gasteiger charge is -2.50. The van der Waals surface area contributed by atoms with Gasteiger partial charge in [0, 0.05) is 37.7 Å². The number of hydrogen-bond donors (Lipinski definition) is 5. The van der Waals surface area contributed by atoms with Crippen molar-refractivity contribution in [1.29, 1.82) is 0 Å². The lowest BCUT2D eigenvalue weighted by Crippen LogP contribution is -2.65. The average molecular weight is 572 g/mol. The molecule has 0 heterocycles. The normalized spacial score (nSPS) is 25.5. The summed E-state index contributed by atoms with van der Waals surface area (Å²) < 4.78 is 4.57. The summed E-state index contributed by atoms with van der Waals surface area (Å²) in [7, 11) is 7.59. The number of aromatic hydroxyl groups is 1. The van der Waals surface area contributed by atoms with Gasteiger partial charge >= 0.3 is 5.97 Å². The van der Waals surface area contributed by atoms with Gasteiger partial charge in [-0.15, -0.1) is 0 Å². The molecule has 1 aromatic carbocycles. The topological polar surface area (TPSA) is 208 Å². The van der Waals surface area contributed by atoms with Crippen molar-refractivity contribution in [2.45, 2.75) is 37.3 Å². The molecule has 41 heavy (non-hydrogen) atoms. The zero-order valence-corrected chi connectivity index (χ0v) is 23.3. The molecule has 0 bridgehead atoms. The van der Waals surface area contributed by atoms with Crippen LogP contribution in [0.1, 0.15) is 40.7 Å². The summed E-state index contributed by atoms with van der Waals surface area (Å²) in [5, 5.41) is 45.4. The number of likely N-dealkylation sites (N-methyl/N-ethyl adjacent to an activating group) is 1. The quantitative estimate of drug-likeness (QED) is 0.169. The Morgan fingerprint density at radius 3 is 2.27 bits per heavy atom.